The number of rotatable bonds is 5. The molecule has 52 heavy (non-hydrogen) atoms. The van der Waals surface area contributed by atoms with Gasteiger partial charge in [-0.25, -0.2) is 4.98 Å². The molecule has 20 heteroatoms. The van der Waals surface area contributed by atoms with Crippen LogP contribution in [0.2, 0.25) is 5.02 Å². The molecule has 3 aromatic heterocycles. The number of nitrogens with one attached hydrogen (secondary N) is 3. The number of hydrogen-bond acceptors (Lipinski definition) is 11. The molecule has 1 aromatic carbocycles. The third kappa shape index (κ3) is 9.59. The summed E-state index contributed by atoms with van der Waals surface area (Å²) in [7, 11) is 0. The molecule has 3 N–H and O–H groups in total. The predicted octanol–water partition coefficient (Wildman–Crippen LogP) is 6.15. The standard InChI is InChI=1S/C28H27ClN8O3.C4F6O2/c1-16-8-24(36-40-16)27(39)37-7-6-18(15-37)10-25(38)34-23-5-4-20-11-19(23)3-2-17-9-21(13-30-12-17)33-28-31-14-22(29)26(32-20)35-28;5-3(6,7)1(11)2(12)4(8,9)10/h4-5,8-9,11-14,18H,2-3,6-7,10,15H2,1H3,(H,34,38)(H2,31,32,33,35);/t18-;/m1./s1. The summed E-state index contributed by atoms with van der Waals surface area (Å²) in [5.74, 6) is -5.55. The average Bonchev–Trinajstić information content (AvgIpc) is 3.73. The van der Waals surface area contributed by atoms with Crippen molar-refractivity contribution in [1.29, 1.82) is 0 Å². The van der Waals surface area contributed by atoms with E-state index in [4.69, 9.17) is 16.1 Å². The van der Waals surface area contributed by atoms with Crippen molar-refractivity contribution >= 4 is 63.8 Å². The molecule has 0 aliphatic carbocycles. The molecule has 2 amide bonds. The van der Waals surface area contributed by atoms with Crippen molar-refractivity contribution in [1.82, 2.24) is 25.0 Å². The highest BCUT2D eigenvalue weighted by atomic mass is 35.5. The number of ketones is 2. The lowest BCUT2D eigenvalue weighted by molar-refractivity contribution is -0.193. The number of pyridine rings is 1. The number of carbonyl (C=O) groups excluding carboxylic acids is 4. The van der Waals surface area contributed by atoms with Crippen molar-refractivity contribution in [3.8, 4) is 0 Å². The van der Waals surface area contributed by atoms with Crippen molar-refractivity contribution in [2.45, 2.75) is 45.0 Å². The topological polar surface area (TPSA) is 172 Å². The number of hydrogen-bond donors (Lipinski definition) is 3. The fraction of sp³-hybridized carbons (Fsp3) is 0.312. The van der Waals surface area contributed by atoms with E-state index in [-0.39, 0.29) is 17.7 Å². The van der Waals surface area contributed by atoms with E-state index in [0.29, 0.717) is 54.2 Å². The third-order valence-electron chi connectivity index (χ3n) is 7.74. The molecular weight excluding hydrogens is 726 g/mol. The molecule has 1 saturated heterocycles. The Morgan fingerprint density at radius 1 is 0.962 bits per heavy atom. The second kappa shape index (κ2) is 15.3. The molecule has 1 fully saturated rings. The molecule has 5 heterocycles. The van der Waals surface area contributed by atoms with Gasteiger partial charge in [0.15, 0.2) is 11.5 Å². The van der Waals surface area contributed by atoms with Crippen LogP contribution in [-0.4, -0.2) is 73.8 Å². The quantitative estimate of drug-likeness (QED) is 0.158. The zero-order chi connectivity index (χ0) is 37.8. The number of anilines is 5. The van der Waals surface area contributed by atoms with Gasteiger partial charge in [0.1, 0.15) is 10.8 Å². The molecule has 6 bridgehead atoms. The monoisotopic (exact) mass is 752 g/mol. The molecule has 4 aromatic rings. The predicted molar refractivity (Wildman–Crippen MR) is 172 cm³/mol. The zero-order valence-electron chi connectivity index (χ0n) is 26.9. The smallest absolute Gasteiger partial charge is 0.361 e. The first kappa shape index (κ1) is 37.7. The van der Waals surface area contributed by atoms with Crippen LogP contribution in [0.4, 0.5) is 55.2 Å². The molecule has 2 aliphatic rings. The van der Waals surface area contributed by atoms with Crippen LogP contribution >= 0.6 is 11.6 Å². The molecule has 2 aliphatic heterocycles. The Morgan fingerprint density at radius 3 is 2.37 bits per heavy atom. The molecule has 0 radical (unpaired) electrons. The van der Waals surface area contributed by atoms with Crippen LogP contribution in [0.25, 0.3) is 0 Å². The number of fused-ring (bicyclic) bond motifs is 6. The van der Waals surface area contributed by atoms with E-state index in [1.54, 1.807) is 24.1 Å². The van der Waals surface area contributed by atoms with Crippen molar-refractivity contribution in [3.63, 3.8) is 0 Å². The number of alkyl halides is 6. The van der Waals surface area contributed by atoms with Crippen molar-refractivity contribution in [2.24, 2.45) is 5.92 Å². The summed E-state index contributed by atoms with van der Waals surface area (Å²) < 4.78 is 72.0. The fourth-order valence-corrected chi connectivity index (χ4v) is 5.42. The van der Waals surface area contributed by atoms with Crippen molar-refractivity contribution in [2.75, 3.05) is 29.0 Å². The van der Waals surface area contributed by atoms with E-state index < -0.39 is 23.9 Å². The Bertz CT molecular complexity index is 1980. The van der Waals surface area contributed by atoms with Crippen LogP contribution in [0, 0.1) is 12.8 Å². The number of Topliss-reactive ketones (excluding diaryl/α,β-unsaturated/α-hetero) is 2. The second-order valence-corrected chi connectivity index (χ2v) is 12.1. The highest BCUT2D eigenvalue weighted by molar-refractivity contribution is 6.41. The Hall–Kier alpha value is -5.59. The van der Waals surface area contributed by atoms with Gasteiger partial charge >= 0.3 is 23.9 Å². The number of amides is 2. The number of aromatic nitrogens is 4. The van der Waals surface area contributed by atoms with Crippen molar-refractivity contribution < 1.29 is 50.0 Å². The number of carbonyl (C=O) groups is 4. The second-order valence-electron chi connectivity index (χ2n) is 11.7. The summed E-state index contributed by atoms with van der Waals surface area (Å²) in [5.41, 5.74) is 4.60. The lowest BCUT2D eigenvalue weighted by atomic mass is 10.0. The number of benzene rings is 1. The Morgan fingerprint density at radius 2 is 1.69 bits per heavy atom. The third-order valence-corrected chi connectivity index (χ3v) is 8.01. The first-order valence-electron chi connectivity index (χ1n) is 15.3. The van der Waals surface area contributed by atoms with Gasteiger partial charge in [0, 0.05) is 43.1 Å². The highest BCUT2D eigenvalue weighted by Crippen LogP contribution is 2.30. The molecule has 0 unspecified atom stereocenters. The molecular formula is C32H27ClF6N8O5. The molecule has 0 spiro atoms. The summed E-state index contributed by atoms with van der Waals surface area (Å²) in [4.78, 5) is 59.9. The van der Waals surface area contributed by atoms with Crippen LogP contribution in [0.15, 0.2) is 53.4 Å². The Balaban J connectivity index is 0.000000376. The maximum Gasteiger partial charge on any atom is 0.458 e. The Labute approximate surface area is 295 Å². The van der Waals surface area contributed by atoms with Gasteiger partial charge in [-0.2, -0.15) is 31.3 Å². The van der Waals surface area contributed by atoms with E-state index in [2.05, 4.69) is 36.1 Å². The average molecular weight is 753 g/mol. The summed E-state index contributed by atoms with van der Waals surface area (Å²) in [6.45, 7) is 2.84. The zero-order valence-corrected chi connectivity index (χ0v) is 27.6. The van der Waals surface area contributed by atoms with Gasteiger partial charge in [0.05, 0.1) is 18.1 Å². The maximum atomic E-state index is 13.1. The van der Waals surface area contributed by atoms with Crippen LogP contribution in [0.3, 0.4) is 0 Å². The lowest BCUT2D eigenvalue weighted by Gasteiger charge is -2.16. The Kier molecular flexibility index (Phi) is 11.1. The molecule has 274 valence electrons. The minimum Gasteiger partial charge on any atom is -0.361 e. The summed E-state index contributed by atoms with van der Waals surface area (Å²) in [6, 6.07) is 9.39. The molecule has 1 atom stereocenters. The van der Waals surface area contributed by atoms with E-state index in [9.17, 15) is 45.5 Å². The first-order valence-corrected chi connectivity index (χ1v) is 15.7. The number of likely N-dealkylation sites (tertiary alicyclic amines) is 1. The van der Waals surface area contributed by atoms with Gasteiger partial charge in [0.25, 0.3) is 5.91 Å². The van der Waals surface area contributed by atoms with Gasteiger partial charge in [-0.1, -0.05) is 16.8 Å². The fourth-order valence-electron chi connectivity index (χ4n) is 5.29. The SMILES string of the molecule is Cc1cc(C(=O)N2CC[C@H](CC(=O)Nc3ccc4cc3CCc3cncc(c3)Nc3ncc(Cl)c(n3)N4)C2)no1.O=C(C(=O)C(F)(F)F)C(F)(F)F. The van der Waals surface area contributed by atoms with E-state index in [1.165, 1.54) is 6.20 Å². The molecule has 0 saturated carbocycles. The normalized spacial score (nSPS) is 15.4. The summed E-state index contributed by atoms with van der Waals surface area (Å²) in [6.07, 6.45) is -4.00. The van der Waals surface area contributed by atoms with Crippen LogP contribution in [0.1, 0.15) is 40.2 Å². The number of halogens is 7. The van der Waals surface area contributed by atoms with Crippen LogP contribution in [-0.2, 0) is 27.2 Å². The maximum absolute atomic E-state index is 13.1. The molecule has 6 rings (SSSR count). The van der Waals surface area contributed by atoms with Gasteiger partial charge in [-0.3, -0.25) is 24.2 Å². The largest absolute Gasteiger partial charge is 0.458 e. The van der Waals surface area contributed by atoms with Crippen LogP contribution in [0.5, 0.6) is 0 Å². The molecule has 13 nitrogen and oxygen atoms in total. The van der Waals surface area contributed by atoms with E-state index in [0.717, 1.165) is 41.0 Å². The van der Waals surface area contributed by atoms with Gasteiger partial charge in [0.2, 0.25) is 11.9 Å². The van der Waals surface area contributed by atoms with E-state index in [1.807, 2.05) is 30.5 Å². The van der Waals surface area contributed by atoms with Gasteiger partial charge < -0.3 is 25.4 Å². The minimum atomic E-state index is -5.77. The number of nitrogens with zero attached hydrogens (tertiary/aromatic N) is 5. The van der Waals surface area contributed by atoms with E-state index >= 15 is 0 Å². The van der Waals surface area contributed by atoms with Gasteiger partial charge in [-0.15, -0.1) is 0 Å². The summed E-state index contributed by atoms with van der Waals surface area (Å²) >= 11 is 6.36. The van der Waals surface area contributed by atoms with Gasteiger partial charge in [-0.05, 0) is 67.5 Å². The highest BCUT2D eigenvalue weighted by Gasteiger charge is 2.54. The van der Waals surface area contributed by atoms with Crippen molar-refractivity contribution in [3.05, 3.63) is 76.5 Å². The number of aryl methyl sites for hydroxylation is 3. The summed E-state index contributed by atoms with van der Waals surface area (Å²) in [5, 5.41) is 13.8. The lowest BCUT2D eigenvalue weighted by Crippen LogP contribution is -2.39. The first-order chi connectivity index (χ1) is 24.5. The minimum absolute atomic E-state index is 0.0679. The van der Waals surface area contributed by atoms with Crippen LogP contribution < -0.4 is 16.0 Å².